The second-order valence-corrected chi connectivity index (χ2v) is 29.8. The van der Waals surface area contributed by atoms with Crippen LogP contribution in [0.2, 0.25) is 0 Å². The molecule has 19 heteroatoms. The lowest BCUT2D eigenvalue weighted by molar-refractivity contribution is -0.161. The molecule has 0 radical (unpaired) electrons. The second kappa shape index (κ2) is 64.1. The standard InChI is InChI=1S/C72H140O17P2/c1-7-9-11-13-15-16-17-26-32-38-44-50-56-71(76)88-67(60-82-69(74)54-48-42-34-14-12-10-8-2)62-86-90(78,79)84-58-66(73)59-85-91(80,81)87-63-68(61-83-70(75)55-49-43-37-31-28-23-25-30-36-41-47-53-65(5)6)89-72(77)57-51-45-39-33-27-22-20-18-19-21-24-29-35-40-46-52-64(3)4/h64-68,73H,7-63H2,1-6H3,(H,78,79)(H,80,81)/t66-,67+,68+/m0/s1. The van der Waals surface area contributed by atoms with Crippen LogP contribution < -0.4 is 0 Å². The van der Waals surface area contributed by atoms with Crippen molar-refractivity contribution >= 4 is 39.5 Å². The Labute approximate surface area is 556 Å². The van der Waals surface area contributed by atoms with Crippen LogP contribution in [0.15, 0.2) is 0 Å². The number of phosphoric ester groups is 2. The number of carbonyl (C=O) groups excluding carboxylic acids is 4. The Morgan fingerprint density at radius 3 is 0.747 bits per heavy atom. The Bertz CT molecular complexity index is 1770. The summed E-state index contributed by atoms with van der Waals surface area (Å²) < 4.78 is 68.3. The molecule has 0 amide bonds. The lowest BCUT2D eigenvalue weighted by atomic mass is 10.0. The molecule has 0 heterocycles. The van der Waals surface area contributed by atoms with Crippen LogP contribution in [-0.4, -0.2) is 96.7 Å². The van der Waals surface area contributed by atoms with E-state index < -0.39 is 97.5 Å². The summed E-state index contributed by atoms with van der Waals surface area (Å²) in [5.41, 5.74) is 0. The molecular formula is C72H140O17P2. The van der Waals surface area contributed by atoms with Crippen molar-refractivity contribution in [3.05, 3.63) is 0 Å². The normalized spacial score (nSPS) is 14.1. The number of phosphoric acid groups is 2. The van der Waals surface area contributed by atoms with E-state index in [1.165, 1.54) is 173 Å². The van der Waals surface area contributed by atoms with E-state index in [1.54, 1.807) is 0 Å². The molecule has 0 aromatic rings. The molecule has 0 saturated heterocycles. The summed E-state index contributed by atoms with van der Waals surface area (Å²) in [5, 5.41) is 10.6. The summed E-state index contributed by atoms with van der Waals surface area (Å²) in [5.74, 6) is -0.551. The number of hydrogen-bond acceptors (Lipinski definition) is 15. The highest BCUT2D eigenvalue weighted by atomic mass is 31.2. The molecular weight excluding hydrogens is 1200 g/mol. The van der Waals surface area contributed by atoms with Gasteiger partial charge in [0.15, 0.2) is 12.2 Å². The van der Waals surface area contributed by atoms with Gasteiger partial charge in [-0.15, -0.1) is 0 Å². The highest BCUT2D eigenvalue weighted by molar-refractivity contribution is 7.47. The predicted octanol–water partition coefficient (Wildman–Crippen LogP) is 20.8. The Balaban J connectivity index is 5.20. The van der Waals surface area contributed by atoms with Gasteiger partial charge < -0.3 is 33.8 Å². The van der Waals surface area contributed by atoms with Crippen molar-refractivity contribution < 1.29 is 80.2 Å². The smallest absolute Gasteiger partial charge is 0.462 e. The molecule has 540 valence electrons. The Morgan fingerprint density at radius 1 is 0.297 bits per heavy atom. The van der Waals surface area contributed by atoms with Crippen LogP contribution in [0, 0.1) is 11.8 Å². The number of ether oxygens (including phenoxy) is 4. The minimum Gasteiger partial charge on any atom is -0.462 e. The maximum atomic E-state index is 13.0. The van der Waals surface area contributed by atoms with Crippen molar-refractivity contribution in [3.8, 4) is 0 Å². The van der Waals surface area contributed by atoms with Gasteiger partial charge in [-0.25, -0.2) is 9.13 Å². The average molecular weight is 1340 g/mol. The van der Waals surface area contributed by atoms with Crippen molar-refractivity contribution in [1.29, 1.82) is 0 Å². The average Bonchev–Trinajstić information content (AvgIpc) is 3.73. The molecule has 0 aromatic carbocycles. The van der Waals surface area contributed by atoms with E-state index in [-0.39, 0.29) is 25.7 Å². The van der Waals surface area contributed by atoms with Crippen LogP contribution >= 0.6 is 15.6 Å². The van der Waals surface area contributed by atoms with Gasteiger partial charge in [-0.1, -0.05) is 318 Å². The van der Waals surface area contributed by atoms with Gasteiger partial charge in [0, 0.05) is 25.7 Å². The lowest BCUT2D eigenvalue weighted by Gasteiger charge is -2.21. The van der Waals surface area contributed by atoms with E-state index in [0.717, 1.165) is 115 Å². The Hall–Kier alpha value is -1.94. The molecule has 17 nitrogen and oxygen atoms in total. The zero-order valence-corrected chi connectivity index (χ0v) is 60.9. The molecule has 0 aromatic heterocycles. The minimum atomic E-state index is -4.95. The summed E-state index contributed by atoms with van der Waals surface area (Å²) >= 11 is 0. The molecule has 91 heavy (non-hydrogen) atoms. The number of rotatable bonds is 71. The highest BCUT2D eigenvalue weighted by Gasteiger charge is 2.30. The first-order valence-electron chi connectivity index (χ1n) is 37.5. The summed E-state index contributed by atoms with van der Waals surface area (Å²) in [6.45, 7) is 9.56. The van der Waals surface area contributed by atoms with Crippen molar-refractivity contribution in [2.45, 2.75) is 387 Å². The first-order valence-corrected chi connectivity index (χ1v) is 40.5. The first-order chi connectivity index (χ1) is 43.9. The number of unbranched alkanes of at least 4 members (excludes halogenated alkanes) is 41. The molecule has 0 aliphatic carbocycles. The Morgan fingerprint density at radius 2 is 0.505 bits per heavy atom. The van der Waals surface area contributed by atoms with E-state index in [1.807, 2.05) is 0 Å². The zero-order chi connectivity index (χ0) is 67.2. The van der Waals surface area contributed by atoms with E-state index in [2.05, 4.69) is 41.5 Å². The van der Waals surface area contributed by atoms with Gasteiger partial charge in [-0.2, -0.15) is 0 Å². The summed E-state index contributed by atoms with van der Waals surface area (Å²) in [6.07, 6.45) is 50.0. The third-order valence-corrected chi connectivity index (χ3v) is 18.6. The van der Waals surface area contributed by atoms with Gasteiger partial charge in [0.1, 0.15) is 19.3 Å². The molecule has 3 N–H and O–H groups in total. The highest BCUT2D eigenvalue weighted by Crippen LogP contribution is 2.45. The third kappa shape index (κ3) is 66.5. The molecule has 0 aliphatic rings. The van der Waals surface area contributed by atoms with Gasteiger partial charge in [0.05, 0.1) is 26.4 Å². The monoisotopic (exact) mass is 1340 g/mol. The Kier molecular flexibility index (Phi) is 62.7. The van der Waals surface area contributed by atoms with Crippen LogP contribution in [-0.2, 0) is 65.4 Å². The molecule has 0 aliphatic heterocycles. The SMILES string of the molecule is CCCCCCCCCCCCCCC(=O)O[C@H](COC(=O)CCCCCCCCC)COP(=O)(O)OC[C@H](O)COP(=O)(O)OC[C@@H](COC(=O)CCCCCCCCCCCCCC(C)C)OC(=O)CCCCCCCCCCCCCCCCCC(C)C. The van der Waals surface area contributed by atoms with Crippen molar-refractivity contribution in [2.24, 2.45) is 11.8 Å². The van der Waals surface area contributed by atoms with Crippen molar-refractivity contribution in [2.75, 3.05) is 39.6 Å². The molecule has 0 bridgehead atoms. The number of carbonyl (C=O) groups is 4. The quantitative estimate of drug-likeness (QED) is 0.0222. The summed E-state index contributed by atoms with van der Waals surface area (Å²) in [6, 6.07) is 0. The van der Waals surface area contributed by atoms with Gasteiger partial charge >= 0.3 is 39.5 Å². The molecule has 2 unspecified atom stereocenters. The van der Waals surface area contributed by atoms with Crippen LogP contribution in [0.1, 0.15) is 369 Å². The summed E-state index contributed by atoms with van der Waals surface area (Å²) in [7, 11) is -9.90. The van der Waals surface area contributed by atoms with Crippen LogP contribution in [0.5, 0.6) is 0 Å². The van der Waals surface area contributed by atoms with Gasteiger partial charge in [0.2, 0.25) is 0 Å². The minimum absolute atomic E-state index is 0.107. The fourth-order valence-electron chi connectivity index (χ4n) is 10.9. The van der Waals surface area contributed by atoms with E-state index in [0.29, 0.717) is 25.7 Å². The number of aliphatic hydroxyl groups excluding tert-OH is 1. The molecule has 5 atom stereocenters. The topological polar surface area (TPSA) is 237 Å². The van der Waals surface area contributed by atoms with Gasteiger partial charge in [-0.3, -0.25) is 37.3 Å². The van der Waals surface area contributed by atoms with Crippen molar-refractivity contribution in [3.63, 3.8) is 0 Å². The molecule has 0 fully saturated rings. The number of hydrogen-bond donors (Lipinski definition) is 3. The fraction of sp³-hybridized carbons (Fsp3) is 0.944. The van der Waals surface area contributed by atoms with Gasteiger partial charge in [-0.05, 0) is 37.5 Å². The largest absolute Gasteiger partial charge is 0.472 e. The van der Waals surface area contributed by atoms with E-state index in [9.17, 15) is 43.2 Å². The van der Waals surface area contributed by atoms with Crippen LogP contribution in [0.3, 0.4) is 0 Å². The third-order valence-electron chi connectivity index (χ3n) is 16.7. The molecule has 0 rings (SSSR count). The predicted molar refractivity (Wildman–Crippen MR) is 368 cm³/mol. The second-order valence-electron chi connectivity index (χ2n) is 26.9. The van der Waals surface area contributed by atoms with Crippen LogP contribution in [0.25, 0.3) is 0 Å². The maximum Gasteiger partial charge on any atom is 0.472 e. The van der Waals surface area contributed by atoms with Crippen LogP contribution in [0.4, 0.5) is 0 Å². The van der Waals surface area contributed by atoms with Crippen molar-refractivity contribution in [1.82, 2.24) is 0 Å². The molecule has 0 saturated carbocycles. The van der Waals surface area contributed by atoms with Gasteiger partial charge in [0.25, 0.3) is 0 Å². The maximum absolute atomic E-state index is 13.0. The first kappa shape index (κ1) is 89.1. The number of aliphatic hydroxyl groups is 1. The zero-order valence-electron chi connectivity index (χ0n) is 59.1. The summed E-state index contributed by atoms with van der Waals surface area (Å²) in [4.78, 5) is 72.5. The fourth-order valence-corrected chi connectivity index (χ4v) is 12.5. The lowest BCUT2D eigenvalue weighted by Crippen LogP contribution is -2.30. The number of esters is 4. The van der Waals surface area contributed by atoms with E-state index >= 15 is 0 Å². The molecule has 0 spiro atoms. The van der Waals surface area contributed by atoms with E-state index in [4.69, 9.17) is 37.0 Å².